The van der Waals surface area contributed by atoms with Gasteiger partial charge in [-0.15, -0.1) is 0 Å². The molecule has 2 fully saturated rings. The smallest absolute Gasteiger partial charge is 0.311 e. The van der Waals surface area contributed by atoms with Crippen molar-refractivity contribution >= 4 is 11.9 Å². The molecule has 3 aliphatic rings. The number of fused-ring (bicyclic) bond motifs is 1. The molecule has 1 saturated heterocycles. The zero-order chi connectivity index (χ0) is 17.2. The molecule has 0 spiro atoms. The first-order valence-corrected chi connectivity index (χ1v) is 9.05. The van der Waals surface area contributed by atoms with Crippen LogP contribution >= 0.6 is 0 Å². The van der Waals surface area contributed by atoms with E-state index in [0.29, 0.717) is 31.3 Å². The average Bonchev–Trinajstić information content (AvgIpc) is 3.51. The topological polar surface area (TPSA) is 65.1 Å². The van der Waals surface area contributed by atoms with E-state index in [0.717, 1.165) is 37.8 Å². The van der Waals surface area contributed by atoms with E-state index in [1.54, 1.807) is 0 Å². The van der Waals surface area contributed by atoms with Crippen molar-refractivity contribution in [3.05, 3.63) is 23.8 Å². The van der Waals surface area contributed by atoms with Crippen molar-refractivity contribution in [1.29, 1.82) is 0 Å². The Morgan fingerprint density at radius 2 is 1.96 bits per heavy atom. The van der Waals surface area contributed by atoms with Crippen LogP contribution in [-0.2, 0) is 20.9 Å². The summed E-state index contributed by atoms with van der Waals surface area (Å²) in [6, 6.07) is 5.60. The minimum atomic E-state index is -0.234. The van der Waals surface area contributed by atoms with E-state index in [-0.39, 0.29) is 30.3 Å². The Morgan fingerprint density at radius 1 is 1.12 bits per heavy atom. The lowest BCUT2D eigenvalue weighted by Crippen LogP contribution is -2.43. The van der Waals surface area contributed by atoms with Gasteiger partial charge in [0.2, 0.25) is 5.91 Å². The average molecular weight is 345 g/mol. The molecule has 2 heterocycles. The van der Waals surface area contributed by atoms with Crippen LogP contribution in [0.3, 0.4) is 0 Å². The highest BCUT2D eigenvalue weighted by molar-refractivity contribution is 5.82. The molecule has 4 rings (SSSR count). The summed E-state index contributed by atoms with van der Waals surface area (Å²) in [4.78, 5) is 26.5. The first kappa shape index (κ1) is 16.2. The van der Waals surface area contributed by atoms with Crippen LogP contribution in [0.1, 0.15) is 31.2 Å². The number of benzene rings is 1. The Balaban J connectivity index is 1.35. The highest BCUT2D eigenvalue weighted by atomic mass is 16.6. The van der Waals surface area contributed by atoms with Gasteiger partial charge in [-0.3, -0.25) is 9.59 Å². The monoisotopic (exact) mass is 345 g/mol. The summed E-state index contributed by atoms with van der Waals surface area (Å²) < 4.78 is 16.7. The van der Waals surface area contributed by atoms with Crippen LogP contribution in [0, 0.1) is 11.8 Å². The number of ether oxygens (including phenoxy) is 3. The van der Waals surface area contributed by atoms with Gasteiger partial charge in [-0.2, -0.15) is 0 Å². The largest absolute Gasteiger partial charge is 0.486 e. The summed E-state index contributed by atoms with van der Waals surface area (Å²) in [6.45, 7) is 2.44. The van der Waals surface area contributed by atoms with Gasteiger partial charge >= 0.3 is 5.97 Å². The summed E-state index contributed by atoms with van der Waals surface area (Å²) >= 11 is 0. The van der Waals surface area contributed by atoms with Crippen LogP contribution < -0.4 is 9.47 Å². The van der Waals surface area contributed by atoms with Gasteiger partial charge in [0.1, 0.15) is 19.8 Å². The molecule has 1 aliphatic carbocycles. The summed E-state index contributed by atoms with van der Waals surface area (Å²) in [5.74, 6) is 1.30. The van der Waals surface area contributed by atoms with Gasteiger partial charge in [0.15, 0.2) is 11.5 Å². The lowest BCUT2D eigenvalue weighted by molar-refractivity contribution is -0.153. The van der Waals surface area contributed by atoms with Gasteiger partial charge < -0.3 is 19.1 Å². The van der Waals surface area contributed by atoms with Crippen LogP contribution in [-0.4, -0.2) is 43.1 Å². The van der Waals surface area contributed by atoms with E-state index in [9.17, 15) is 9.59 Å². The molecule has 1 atom stereocenters. The van der Waals surface area contributed by atoms with Gasteiger partial charge in [-0.1, -0.05) is 12.1 Å². The SMILES string of the molecule is O=C(OCc1cccc2c1OCCO2)[C@H]1CCCN(C(=O)C2CC2)C1. The van der Waals surface area contributed by atoms with E-state index in [4.69, 9.17) is 14.2 Å². The van der Waals surface area contributed by atoms with Crippen LogP contribution in [0.5, 0.6) is 11.5 Å². The fraction of sp³-hybridized carbons (Fsp3) is 0.579. The van der Waals surface area contributed by atoms with Crippen LogP contribution in [0.4, 0.5) is 0 Å². The van der Waals surface area contributed by atoms with E-state index in [1.165, 1.54) is 0 Å². The minimum Gasteiger partial charge on any atom is -0.486 e. The molecule has 0 bridgehead atoms. The predicted octanol–water partition coefficient (Wildman–Crippen LogP) is 2.15. The predicted molar refractivity (Wildman–Crippen MR) is 89.3 cm³/mol. The van der Waals surface area contributed by atoms with Gasteiger partial charge in [-0.05, 0) is 31.7 Å². The summed E-state index contributed by atoms with van der Waals surface area (Å²) in [5, 5.41) is 0. The number of piperidine rings is 1. The van der Waals surface area contributed by atoms with Crippen LogP contribution in [0.25, 0.3) is 0 Å². The van der Waals surface area contributed by atoms with Crippen molar-refractivity contribution in [2.45, 2.75) is 32.3 Å². The molecule has 1 aromatic carbocycles. The zero-order valence-corrected chi connectivity index (χ0v) is 14.2. The number of likely N-dealkylation sites (tertiary alicyclic amines) is 1. The number of carbonyl (C=O) groups is 2. The highest BCUT2D eigenvalue weighted by Crippen LogP contribution is 2.35. The Kier molecular flexibility index (Phi) is 4.51. The second-order valence-electron chi connectivity index (χ2n) is 6.95. The van der Waals surface area contributed by atoms with Crippen molar-refractivity contribution in [3.8, 4) is 11.5 Å². The minimum absolute atomic E-state index is 0.165. The van der Waals surface area contributed by atoms with Crippen molar-refractivity contribution in [2.24, 2.45) is 11.8 Å². The maximum absolute atomic E-state index is 12.5. The van der Waals surface area contributed by atoms with Gasteiger partial charge in [0.25, 0.3) is 0 Å². The van der Waals surface area contributed by atoms with Gasteiger partial charge in [0.05, 0.1) is 5.92 Å². The number of hydrogen-bond acceptors (Lipinski definition) is 5. The maximum atomic E-state index is 12.5. The number of para-hydroxylation sites is 1. The summed E-state index contributed by atoms with van der Waals surface area (Å²) in [7, 11) is 0. The molecule has 0 N–H and O–H groups in total. The Morgan fingerprint density at radius 3 is 2.80 bits per heavy atom. The number of hydrogen-bond donors (Lipinski definition) is 0. The standard InChI is InChI=1S/C19H23NO5/c21-18(13-6-7-13)20-8-2-4-14(11-20)19(22)25-12-15-3-1-5-16-17(15)24-10-9-23-16/h1,3,5,13-14H,2,4,6-12H2/t14-/m0/s1. The van der Waals surface area contributed by atoms with Crippen LogP contribution in [0.15, 0.2) is 18.2 Å². The molecule has 0 radical (unpaired) electrons. The molecule has 2 aliphatic heterocycles. The molecule has 6 nitrogen and oxygen atoms in total. The Hall–Kier alpha value is -2.24. The van der Waals surface area contributed by atoms with E-state index < -0.39 is 0 Å². The van der Waals surface area contributed by atoms with Crippen molar-refractivity contribution < 1.29 is 23.8 Å². The third-order valence-electron chi connectivity index (χ3n) is 5.01. The van der Waals surface area contributed by atoms with E-state index in [2.05, 4.69) is 0 Å². The summed E-state index contributed by atoms with van der Waals surface area (Å²) in [5.41, 5.74) is 0.812. The quantitative estimate of drug-likeness (QED) is 0.783. The Labute approximate surface area is 147 Å². The second-order valence-corrected chi connectivity index (χ2v) is 6.95. The third kappa shape index (κ3) is 3.57. The number of esters is 1. The molecule has 1 saturated carbocycles. The number of nitrogens with zero attached hydrogens (tertiary/aromatic N) is 1. The molecule has 6 heteroatoms. The third-order valence-corrected chi connectivity index (χ3v) is 5.01. The number of amides is 1. The molecular formula is C19H23NO5. The normalized spacial score (nSPS) is 22.4. The van der Waals surface area contributed by atoms with Crippen molar-refractivity contribution in [1.82, 2.24) is 4.90 Å². The lowest BCUT2D eigenvalue weighted by Gasteiger charge is -2.31. The fourth-order valence-corrected chi connectivity index (χ4v) is 3.47. The van der Waals surface area contributed by atoms with E-state index in [1.807, 2.05) is 23.1 Å². The maximum Gasteiger partial charge on any atom is 0.311 e. The highest BCUT2D eigenvalue weighted by Gasteiger charge is 2.37. The molecule has 25 heavy (non-hydrogen) atoms. The second kappa shape index (κ2) is 6.94. The lowest BCUT2D eigenvalue weighted by atomic mass is 9.98. The van der Waals surface area contributed by atoms with Gasteiger partial charge in [0, 0.05) is 24.6 Å². The fourth-order valence-electron chi connectivity index (χ4n) is 3.47. The summed E-state index contributed by atoms with van der Waals surface area (Å²) in [6.07, 6.45) is 3.62. The molecule has 0 unspecified atom stereocenters. The van der Waals surface area contributed by atoms with Gasteiger partial charge in [-0.25, -0.2) is 0 Å². The molecular weight excluding hydrogens is 322 g/mol. The van der Waals surface area contributed by atoms with Crippen molar-refractivity contribution in [2.75, 3.05) is 26.3 Å². The number of carbonyl (C=O) groups excluding carboxylic acids is 2. The first-order valence-electron chi connectivity index (χ1n) is 9.05. The Bertz CT molecular complexity index is 670. The van der Waals surface area contributed by atoms with E-state index >= 15 is 0 Å². The van der Waals surface area contributed by atoms with Crippen LogP contribution in [0.2, 0.25) is 0 Å². The number of rotatable bonds is 4. The molecule has 1 amide bonds. The molecule has 1 aromatic rings. The first-order chi connectivity index (χ1) is 12.2. The van der Waals surface area contributed by atoms with Crippen molar-refractivity contribution in [3.63, 3.8) is 0 Å². The molecule has 134 valence electrons. The zero-order valence-electron chi connectivity index (χ0n) is 14.2. The molecule has 0 aromatic heterocycles.